The summed E-state index contributed by atoms with van der Waals surface area (Å²) in [6, 6.07) is 2.70. The lowest BCUT2D eigenvalue weighted by Crippen LogP contribution is -2.17. The van der Waals surface area contributed by atoms with E-state index in [1.165, 1.54) is 19.1 Å². The van der Waals surface area contributed by atoms with Gasteiger partial charge in [0, 0.05) is 0 Å². The molecule has 0 fully saturated rings. The highest BCUT2D eigenvalue weighted by molar-refractivity contribution is 5.75. The van der Waals surface area contributed by atoms with Crippen LogP contribution in [0.15, 0.2) is 28.4 Å². The Bertz CT molecular complexity index is 435. The minimum Gasteiger partial charge on any atom is -0.464 e. The van der Waals surface area contributed by atoms with Crippen molar-refractivity contribution in [2.45, 2.75) is 19.9 Å². The lowest BCUT2D eigenvalue weighted by atomic mass is 10.3. The molecule has 0 aromatic heterocycles. The highest BCUT2D eigenvalue weighted by Crippen LogP contribution is 2.20. The van der Waals surface area contributed by atoms with Gasteiger partial charge in [0.25, 0.3) is 0 Å². The molecule has 1 atom stereocenters. The van der Waals surface area contributed by atoms with E-state index >= 15 is 0 Å². The van der Waals surface area contributed by atoms with Gasteiger partial charge >= 0.3 is 5.97 Å². The monoisotopic (exact) mass is 242 g/mol. The molecule has 1 rings (SSSR count). The van der Waals surface area contributed by atoms with Gasteiger partial charge in [0.15, 0.2) is 17.7 Å². The molecule has 0 aliphatic rings. The fourth-order valence-corrected chi connectivity index (χ4v) is 1.03. The Morgan fingerprint density at radius 1 is 1.47 bits per heavy atom. The molecule has 0 bridgehead atoms. The van der Waals surface area contributed by atoms with E-state index < -0.39 is 23.6 Å². The third-order valence-corrected chi connectivity index (χ3v) is 1.90. The quantitative estimate of drug-likeness (QED) is 0.602. The number of benzene rings is 1. The second-order valence-electron chi connectivity index (χ2n) is 3.22. The number of carbonyl (C=O) groups excluding carboxylic acids is 1. The number of carbonyl (C=O) groups is 1. The summed E-state index contributed by atoms with van der Waals surface area (Å²) in [4.78, 5) is 11.2. The van der Waals surface area contributed by atoms with Gasteiger partial charge in [-0.25, -0.2) is 13.6 Å². The molecule has 0 aliphatic carbocycles. The maximum Gasteiger partial charge on any atom is 0.332 e. The number of halogens is 2. The second-order valence-corrected chi connectivity index (χ2v) is 3.22. The number of rotatable bonds is 4. The Morgan fingerprint density at radius 2 is 2.18 bits per heavy atom. The van der Waals surface area contributed by atoms with Crippen molar-refractivity contribution in [2.24, 2.45) is 10.2 Å². The first kappa shape index (κ1) is 13.2. The predicted molar refractivity (Wildman–Crippen MR) is 57.0 cm³/mol. The van der Waals surface area contributed by atoms with Crippen LogP contribution in [-0.4, -0.2) is 18.6 Å². The van der Waals surface area contributed by atoms with Crippen LogP contribution in [0.5, 0.6) is 0 Å². The average Bonchev–Trinajstić information content (AvgIpc) is 2.31. The van der Waals surface area contributed by atoms with E-state index in [0.717, 1.165) is 6.07 Å². The number of hydrogen-bond acceptors (Lipinski definition) is 4. The van der Waals surface area contributed by atoms with Crippen molar-refractivity contribution >= 4 is 11.7 Å². The Labute approximate surface area is 97.3 Å². The van der Waals surface area contributed by atoms with Crippen LogP contribution in [0, 0.1) is 11.6 Å². The Kier molecular flexibility index (Phi) is 4.68. The molecule has 0 radical (unpaired) electrons. The molecule has 4 nitrogen and oxygen atoms in total. The summed E-state index contributed by atoms with van der Waals surface area (Å²) in [7, 11) is 0. The van der Waals surface area contributed by atoms with Gasteiger partial charge in [0.1, 0.15) is 5.69 Å². The van der Waals surface area contributed by atoms with E-state index in [-0.39, 0.29) is 12.3 Å². The lowest BCUT2D eigenvalue weighted by Gasteiger charge is -2.04. The molecule has 0 aliphatic heterocycles. The molecular weight excluding hydrogens is 230 g/mol. The van der Waals surface area contributed by atoms with E-state index in [2.05, 4.69) is 15.0 Å². The van der Waals surface area contributed by atoms with Crippen molar-refractivity contribution < 1.29 is 18.3 Å². The maximum atomic E-state index is 13.2. The predicted octanol–water partition coefficient (Wildman–Crippen LogP) is 3.00. The summed E-state index contributed by atoms with van der Waals surface area (Å²) < 4.78 is 30.7. The third kappa shape index (κ3) is 3.58. The zero-order valence-corrected chi connectivity index (χ0v) is 9.48. The van der Waals surface area contributed by atoms with Gasteiger partial charge in [0.05, 0.1) is 6.61 Å². The first-order valence-electron chi connectivity index (χ1n) is 5.07. The van der Waals surface area contributed by atoms with Crippen molar-refractivity contribution in [3.8, 4) is 0 Å². The molecule has 1 aromatic rings. The topological polar surface area (TPSA) is 51.0 Å². The van der Waals surface area contributed by atoms with Crippen molar-refractivity contribution in [3.63, 3.8) is 0 Å². The molecule has 0 spiro atoms. The molecule has 0 saturated heterocycles. The summed E-state index contributed by atoms with van der Waals surface area (Å²) in [5, 5.41) is 7.04. The molecule has 0 amide bonds. The van der Waals surface area contributed by atoms with Crippen molar-refractivity contribution in [1.29, 1.82) is 0 Å². The average molecular weight is 242 g/mol. The first-order valence-corrected chi connectivity index (χ1v) is 5.07. The zero-order valence-electron chi connectivity index (χ0n) is 9.48. The zero-order chi connectivity index (χ0) is 12.8. The molecule has 0 heterocycles. The molecule has 1 aromatic carbocycles. The van der Waals surface area contributed by atoms with Crippen LogP contribution >= 0.6 is 0 Å². The normalized spacial score (nSPS) is 12.7. The molecule has 92 valence electrons. The van der Waals surface area contributed by atoms with Crippen LogP contribution in [-0.2, 0) is 9.53 Å². The van der Waals surface area contributed by atoms with Crippen molar-refractivity contribution in [2.75, 3.05) is 6.61 Å². The van der Waals surface area contributed by atoms with Gasteiger partial charge in [-0.15, -0.1) is 0 Å². The van der Waals surface area contributed by atoms with Gasteiger partial charge in [-0.05, 0) is 26.0 Å². The summed E-state index contributed by atoms with van der Waals surface area (Å²) in [6.07, 6.45) is 0. The van der Waals surface area contributed by atoms with Gasteiger partial charge < -0.3 is 4.74 Å². The lowest BCUT2D eigenvalue weighted by molar-refractivity contribution is -0.144. The first-order chi connectivity index (χ1) is 8.06. The van der Waals surface area contributed by atoms with Crippen LogP contribution in [0.4, 0.5) is 14.5 Å². The Hall–Kier alpha value is -1.85. The highest BCUT2D eigenvalue weighted by Gasteiger charge is 2.13. The van der Waals surface area contributed by atoms with E-state index in [1.54, 1.807) is 6.92 Å². The molecule has 6 heteroatoms. The third-order valence-electron chi connectivity index (χ3n) is 1.90. The van der Waals surface area contributed by atoms with Gasteiger partial charge in [-0.2, -0.15) is 10.2 Å². The molecular formula is C11H12F2N2O2. The largest absolute Gasteiger partial charge is 0.464 e. The smallest absolute Gasteiger partial charge is 0.332 e. The summed E-state index contributed by atoms with van der Waals surface area (Å²) in [6.45, 7) is 3.35. The molecule has 1 unspecified atom stereocenters. The van der Waals surface area contributed by atoms with Crippen LogP contribution in [0.1, 0.15) is 13.8 Å². The van der Waals surface area contributed by atoms with E-state index in [4.69, 9.17) is 0 Å². The number of hydrogen-bond donors (Lipinski definition) is 0. The van der Waals surface area contributed by atoms with Crippen LogP contribution in [0.25, 0.3) is 0 Å². The van der Waals surface area contributed by atoms with Gasteiger partial charge in [-0.1, -0.05) is 6.07 Å². The Morgan fingerprint density at radius 3 is 2.82 bits per heavy atom. The SMILES string of the molecule is CCOC(=O)C(C)N=Nc1cccc(F)c1F. The fraction of sp³-hybridized carbons (Fsp3) is 0.364. The maximum absolute atomic E-state index is 13.2. The fourth-order valence-electron chi connectivity index (χ4n) is 1.03. The summed E-state index contributed by atoms with van der Waals surface area (Å²) in [5.41, 5.74) is -0.249. The Balaban J connectivity index is 2.77. The van der Waals surface area contributed by atoms with E-state index in [1.807, 2.05) is 0 Å². The molecule has 17 heavy (non-hydrogen) atoms. The number of ether oxygens (including phenoxy) is 1. The van der Waals surface area contributed by atoms with Gasteiger partial charge in [-0.3, -0.25) is 0 Å². The van der Waals surface area contributed by atoms with E-state index in [9.17, 15) is 13.6 Å². The highest BCUT2D eigenvalue weighted by atomic mass is 19.2. The number of nitrogens with zero attached hydrogens (tertiary/aromatic N) is 2. The van der Waals surface area contributed by atoms with Gasteiger partial charge in [0.2, 0.25) is 0 Å². The number of esters is 1. The summed E-state index contributed by atoms with van der Waals surface area (Å²) in [5.74, 6) is -2.66. The minimum atomic E-state index is -1.09. The second kappa shape index (κ2) is 6.03. The standard InChI is InChI=1S/C11H12F2N2O2/c1-3-17-11(16)7(2)14-15-9-6-4-5-8(12)10(9)13/h4-7H,3H2,1-2H3. The van der Waals surface area contributed by atoms with E-state index in [0.29, 0.717) is 0 Å². The minimum absolute atomic E-state index is 0.229. The van der Waals surface area contributed by atoms with Crippen molar-refractivity contribution in [1.82, 2.24) is 0 Å². The number of azo groups is 1. The van der Waals surface area contributed by atoms with Crippen LogP contribution < -0.4 is 0 Å². The molecule has 0 N–H and O–H groups in total. The summed E-state index contributed by atoms with van der Waals surface area (Å²) >= 11 is 0. The van der Waals surface area contributed by atoms with Crippen LogP contribution in [0.2, 0.25) is 0 Å². The van der Waals surface area contributed by atoms with Crippen LogP contribution in [0.3, 0.4) is 0 Å². The van der Waals surface area contributed by atoms with Crippen molar-refractivity contribution in [3.05, 3.63) is 29.8 Å². The molecule has 0 saturated carbocycles.